The first kappa shape index (κ1) is 22.0. The molecule has 0 N–H and O–H groups in total. The molecule has 1 aliphatic heterocycles. The molecular weight excluding hydrogens is 316 g/mol. The van der Waals surface area contributed by atoms with Gasteiger partial charge in [0.25, 0.3) is 0 Å². The molecule has 0 aliphatic carbocycles. The lowest BCUT2D eigenvalue weighted by atomic mass is 9.94. The van der Waals surface area contributed by atoms with Crippen LogP contribution >= 0.6 is 0 Å². The average molecular weight is 355 g/mol. The maximum Gasteiger partial charge on any atom is 0.313 e. The third-order valence-electron chi connectivity index (χ3n) is 5.13. The minimum atomic E-state index is -0.405. The van der Waals surface area contributed by atoms with Crippen molar-refractivity contribution in [3.8, 4) is 0 Å². The van der Waals surface area contributed by atoms with Crippen molar-refractivity contribution in [2.45, 2.75) is 116 Å². The number of hydrogen-bond acceptors (Lipinski definition) is 4. The number of unbranched alkanes of at least 4 members (excludes halogenated alkanes) is 11. The highest BCUT2D eigenvalue weighted by Crippen LogP contribution is 2.29. The van der Waals surface area contributed by atoms with Gasteiger partial charge in [-0.1, -0.05) is 84.0 Å². The Morgan fingerprint density at radius 1 is 0.920 bits per heavy atom. The summed E-state index contributed by atoms with van der Waals surface area (Å²) in [6.45, 7) is 5.44. The SMILES string of the molecule is CCCCCCCCCCCCCC[C@@H]1C(=O)O[C@@H](C)[C@H]1OC(C)=O. The van der Waals surface area contributed by atoms with E-state index in [-0.39, 0.29) is 24.0 Å². The lowest BCUT2D eigenvalue weighted by Gasteiger charge is -2.18. The summed E-state index contributed by atoms with van der Waals surface area (Å²) in [7, 11) is 0. The molecule has 0 bridgehead atoms. The van der Waals surface area contributed by atoms with Gasteiger partial charge in [-0.25, -0.2) is 0 Å². The molecule has 1 fully saturated rings. The van der Waals surface area contributed by atoms with Crippen molar-refractivity contribution in [2.75, 3.05) is 0 Å². The van der Waals surface area contributed by atoms with Crippen LogP contribution in [0.15, 0.2) is 0 Å². The Bertz CT molecular complexity index is 380. The fourth-order valence-electron chi connectivity index (χ4n) is 3.66. The van der Waals surface area contributed by atoms with Gasteiger partial charge in [0.05, 0.1) is 5.92 Å². The summed E-state index contributed by atoms with van der Waals surface area (Å²) in [5.74, 6) is -0.821. The highest BCUT2D eigenvalue weighted by molar-refractivity contribution is 5.76. The van der Waals surface area contributed by atoms with E-state index in [1.54, 1.807) is 6.92 Å². The Morgan fingerprint density at radius 3 is 1.88 bits per heavy atom. The van der Waals surface area contributed by atoms with E-state index >= 15 is 0 Å². The number of cyclic esters (lactones) is 1. The average Bonchev–Trinajstić information content (AvgIpc) is 2.82. The fraction of sp³-hybridized carbons (Fsp3) is 0.905. The molecule has 0 saturated carbocycles. The van der Waals surface area contributed by atoms with E-state index in [2.05, 4.69) is 6.92 Å². The number of esters is 2. The Kier molecular flexibility index (Phi) is 11.6. The minimum Gasteiger partial charge on any atom is -0.458 e. The fourth-order valence-corrected chi connectivity index (χ4v) is 3.66. The number of rotatable bonds is 14. The summed E-state index contributed by atoms with van der Waals surface area (Å²) in [5, 5.41) is 0. The van der Waals surface area contributed by atoms with Crippen LogP contribution < -0.4 is 0 Å². The van der Waals surface area contributed by atoms with E-state index in [4.69, 9.17) is 9.47 Å². The second-order valence-corrected chi connectivity index (χ2v) is 7.50. The van der Waals surface area contributed by atoms with Gasteiger partial charge in [0.2, 0.25) is 0 Å². The molecule has 0 radical (unpaired) electrons. The van der Waals surface area contributed by atoms with Crippen molar-refractivity contribution in [1.82, 2.24) is 0 Å². The molecule has 0 unspecified atom stereocenters. The molecule has 146 valence electrons. The van der Waals surface area contributed by atoms with Crippen molar-refractivity contribution in [2.24, 2.45) is 5.92 Å². The second kappa shape index (κ2) is 13.2. The second-order valence-electron chi connectivity index (χ2n) is 7.50. The summed E-state index contributed by atoms with van der Waals surface area (Å²) in [6.07, 6.45) is 15.6. The molecule has 3 atom stereocenters. The summed E-state index contributed by atoms with van der Waals surface area (Å²) >= 11 is 0. The molecule has 4 nitrogen and oxygen atoms in total. The van der Waals surface area contributed by atoms with E-state index in [1.807, 2.05) is 0 Å². The standard InChI is InChI=1S/C21H38O4/c1-4-5-6-7-8-9-10-11-12-13-14-15-16-19-20(25-18(3)22)17(2)24-21(19)23/h17,19-20H,4-16H2,1-3H3/t17-,19-,20+/m0/s1. The molecule has 0 spiro atoms. The van der Waals surface area contributed by atoms with Crippen molar-refractivity contribution < 1.29 is 19.1 Å². The van der Waals surface area contributed by atoms with E-state index in [0.29, 0.717) is 0 Å². The van der Waals surface area contributed by atoms with Crippen molar-refractivity contribution in [1.29, 1.82) is 0 Å². The minimum absolute atomic E-state index is 0.207. The Balaban J connectivity index is 2.01. The van der Waals surface area contributed by atoms with Crippen LogP contribution in [0.1, 0.15) is 104 Å². The first-order valence-electron chi connectivity index (χ1n) is 10.4. The summed E-state index contributed by atoms with van der Waals surface area (Å²) in [6, 6.07) is 0. The molecule has 1 aliphatic rings. The van der Waals surface area contributed by atoms with E-state index in [9.17, 15) is 9.59 Å². The van der Waals surface area contributed by atoms with Crippen LogP contribution in [-0.4, -0.2) is 24.1 Å². The quantitative estimate of drug-likeness (QED) is 0.302. The molecule has 0 aromatic rings. The first-order valence-corrected chi connectivity index (χ1v) is 10.4. The molecule has 4 heteroatoms. The monoisotopic (exact) mass is 354 g/mol. The van der Waals surface area contributed by atoms with Gasteiger partial charge in [-0.3, -0.25) is 9.59 Å². The van der Waals surface area contributed by atoms with E-state index in [1.165, 1.54) is 71.1 Å². The van der Waals surface area contributed by atoms with Crippen LogP contribution in [-0.2, 0) is 19.1 Å². The molecule has 25 heavy (non-hydrogen) atoms. The van der Waals surface area contributed by atoms with Gasteiger partial charge in [-0.15, -0.1) is 0 Å². The molecule has 1 heterocycles. The van der Waals surface area contributed by atoms with Gasteiger partial charge in [-0.05, 0) is 13.3 Å². The zero-order valence-corrected chi connectivity index (χ0v) is 16.6. The summed E-state index contributed by atoms with van der Waals surface area (Å²) < 4.78 is 10.5. The number of carbonyl (C=O) groups excluding carboxylic acids is 2. The maximum atomic E-state index is 11.9. The number of carbonyl (C=O) groups is 2. The molecule has 1 saturated heterocycles. The first-order chi connectivity index (χ1) is 12.1. The molecule has 0 aromatic heterocycles. The lowest BCUT2D eigenvalue weighted by molar-refractivity contribution is -0.150. The molecule has 1 rings (SSSR count). The van der Waals surface area contributed by atoms with Gasteiger partial charge >= 0.3 is 11.9 Å². The highest BCUT2D eigenvalue weighted by Gasteiger charge is 2.44. The zero-order valence-electron chi connectivity index (χ0n) is 16.6. The Hall–Kier alpha value is -1.06. The summed E-state index contributed by atoms with van der Waals surface area (Å²) in [5.41, 5.74) is 0. The van der Waals surface area contributed by atoms with Gasteiger partial charge in [-0.2, -0.15) is 0 Å². The van der Waals surface area contributed by atoms with Crippen LogP contribution in [0, 0.1) is 5.92 Å². The topological polar surface area (TPSA) is 52.6 Å². The Labute approximate surface area is 154 Å². The highest BCUT2D eigenvalue weighted by atomic mass is 16.6. The van der Waals surface area contributed by atoms with Crippen molar-refractivity contribution >= 4 is 11.9 Å². The third-order valence-corrected chi connectivity index (χ3v) is 5.13. The van der Waals surface area contributed by atoms with Crippen LogP contribution in [0.3, 0.4) is 0 Å². The van der Waals surface area contributed by atoms with Crippen LogP contribution in [0.5, 0.6) is 0 Å². The zero-order chi connectivity index (χ0) is 18.5. The normalized spacial score (nSPS) is 22.8. The third kappa shape index (κ3) is 9.27. The number of hydrogen-bond donors (Lipinski definition) is 0. The van der Waals surface area contributed by atoms with E-state index < -0.39 is 6.10 Å². The van der Waals surface area contributed by atoms with E-state index in [0.717, 1.165) is 19.3 Å². The maximum absolute atomic E-state index is 11.9. The predicted molar refractivity (Wildman–Crippen MR) is 100 cm³/mol. The van der Waals surface area contributed by atoms with Crippen molar-refractivity contribution in [3.63, 3.8) is 0 Å². The van der Waals surface area contributed by atoms with Gasteiger partial charge in [0, 0.05) is 6.92 Å². The van der Waals surface area contributed by atoms with Gasteiger partial charge in [0.1, 0.15) is 6.10 Å². The van der Waals surface area contributed by atoms with Crippen molar-refractivity contribution in [3.05, 3.63) is 0 Å². The smallest absolute Gasteiger partial charge is 0.313 e. The molecular formula is C21H38O4. The van der Waals surface area contributed by atoms with Crippen LogP contribution in [0.2, 0.25) is 0 Å². The van der Waals surface area contributed by atoms with Gasteiger partial charge in [0.15, 0.2) is 6.10 Å². The number of ether oxygens (including phenoxy) is 2. The summed E-state index contributed by atoms with van der Waals surface area (Å²) in [4.78, 5) is 23.1. The largest absolute Gasteiger partial charge is 0.458 e. The predicted octanol–water partition coefficient (Wildman–Crippen LogP) is 5.57. The Morgan fingerprint density at radius 2 is 1.40 bits per heavy atom. The van der Waals surface area contributed by atoms with Crippen LogP contribution in [0.25, 0.3) is 0 Å². The molecule has 0 amide bonds. The van der Waals surface area contributed by atoms with Crippen LogP contribution in [0.4, 0.5) is 0 Å². The molecule has 0 aromatic carbocycles. The lowest BCUT2D eigenvalue weighted by Crippen LogP contribution is -2.30. The van der Waals surface area contributed by atoms with Gasteiger partial charge < -0.3 is 9.47 Å².